The Hall–Kier alpha value is -2.31. The molecule has 0 aliphatic carbocycles. The van der Waals surface area contributed by atoms with Crippen LogP contribution in [0.3, 0.4) is 0 Å². The van der Waals surface area contributed by atoms with Gasteiger partial charge in [0.1, 0.15) is 15.5 Å². The number of hydrogen-bond donors (Lipinski definition) is 2. The number of rotatable bonds is 4. The molecular weight excluding hydrogens is 358 g/mol. The number of ether oxygens (including phenoxy) is 1. The summed E-state index contributed by atoms with van der Waals surface area (Å²) in [7, 11) is 1.54. The molecule has 0 radical (unpaired) electrons. The Labute approximate surface area is 154 Å². The van der Waals surface area contributed by atoms with Gasteiger partial charge in [0.05, 0.1) is 17.8 Å². The smallest absolute Gasteiger partial charge is 0.267 e. The number of carbonyl (C=O) groups excluding carboxylic acids is 1. The van der Waals surface area contributed by atoms with Crippen molar-refractivity contribution >= 4 is 50.4 Å². The zero-order chi connectivity index (χ0) is 18.1. The first-order valence-electron chi connectivity index (χ1n) is 7.74. The van der Waals surface area contributed by atoms with Crippen LogP contribution in [0.2, 0.25) is 5.02 Å². The zero-order valence-corrected chi connectivity index (χ0v) is 15.7. The fourth-order valence-electron chi connectivity index (χ4n) is 2.43. The molecule has 0 spiro atoms. The molecule has 0 atom stereocenters. The number of benzene rings is 1. The molecule has 0 aliphatic heterocycles. The highest BCUT2D eigenvalue weighted by atomic mass is 35.5. The average molecular weight is 376 g/mol. The van der Waals surface area contributed by atoms with Crippen LogP contribution in [-0.2, 0) is 0 Å². The molecular formula is C18H18ClN3O2S. The summed E-state index contributed by atoms with van der Waals surface area (Å²) in [4.78, 5) is 18.4. The lowest BCUT2D eigenvalue weighted by Gasteiger charge is -2.07. The van der Waals surface area contributed by atoms with E-state index >= 15 is 0 Å². The van der Waals surface area contributed by atoms with Crippen LogP contribution in [-0.4, -0.2) is 18.0 Å². The minimum atomic E-state index is -0.284. The van der Waals surface area contributed by atoms with Crippen molar-refractivity contribution in [3.8, 4) is 5.75 Å². The highest BCUT2D eigenvalue weighted by Crippen LogP contribution is 2.34. The first kappa shape index (κ1) is 17.5. The first-order chi connectivity index (χ1) is 11.9. The predicted octanol–water partition coefficient (Wildman–Crippen LogP) is 4.92. The Morgan fingerprint density at radius 3 is 2.72 bits per heavy atom. The minimum absolute atomic E-state index is 0.284. The van der Waals surface area contributed by atoms with Gasteiger partial charge >= 0.3 is 0 Å². The Morgan fingerprint density at radius 1 is 1.32 bits per heavy atom. The second-order valence-electron chi connectivity index (χ2n) is 5.89. The van der Waals surface area contributed by atoms with E-state index in [9.17, 15) is 4.79 Å². The number of nitrogens with two attached hydrogens (primary N) is 1. The van der Waals surface area contributed by atoms with Crippen molar-refractivity contribution in [2.45, 2.75) is 19.8 Å². The van der Waals surface area contributed by atoms with Crippen LogP contribution in [0, 0.1) is 0 Å². The van der Waals surface area contributed by atoms with E-state index in [4.69, 9.17) is 22.1 Å². The van der Waals surface area contributed by atoms with Crippen molar-refractivity contribution < 1.29 is 9.53 Å². The summed E-state index contributed by atoms with van der Waals surface area (Å²) in [5.74, 6) is 0.575. The molecule has 0 fully saturated rings. The van der Waals surface area contributed by atoms with Gasteiger partial charge in [0.15, 0.2) is 0 Å². The van der Waals surface area contributed by atoms with Gasteiger partial charge in [-0.15, -0.1) is 11.3 Å². The molecule has 0 unspecified atom stereocenters. The molecule has 0 saturated carbocycles. The lowest BCUT2D eigenvalue weighted by molar-refractivity contribution is 0.103. The Bertz CT molecular complexity index is 953. The molecule has 5 nitrogen and oxygen atoms in total. The number of amides is 1. The number of methoxy groups -OCH3 is 1. The minimum Gasteiger partial charge on any atom is -0.495 e. The molecule has 130 valence electrons. The molecule has 0 saturated heterocycles. The lowest BCUT2D eigenvalue weighted by Crippen LogP contribution is -2.11. The number of anilines is 2. The van der Waals surface area contributed by atoms with E-state index in [-0.39, 0.29) is 5.91 Å². The van der Waals surface area contributed by atoms with Crippen molar-refractivity contribution in [2.24, 2.45) is 0 Å². The van der Waals surface area contributed by atoms with Crippen LogP contribution in [0.15, 0.2) is 30.3 Å². The van der Waals surface area contributed by atoms with Crippen molar-refractivity contribution in [2.75, 3.05) is 18.2 Å². The molecule has 3 aromatic rings. The van der Waals surface area contributed by atoms with E-state index in [1.54, 1.807) is 18.2 Å². The predicted molar refractivity (Wildman–Crippen MR) is 104 cm³/mol. The molecule has 0 aliphatic rings. The SMILES string of the molecule is COc1ccc(NC(=O)c2sc3nc(C(C)C)ccc3c2N)cc1Cl. The number of carbonyl (C=O) groups is 1. The number of halogens is 1. The maximum Gasteiger partial charge on any atom is 0.267 e. The maximum absolute atomic E-state index is 12.6. The molecule has 2 heterocycles. The molecule has 1 amide bonds. The van der Waals surface area contributed by atoms with Crippen molar-refractivity contribution in [3.05, 3.63) is 45.9 Å². The van der Waals surface area contributed by atoms with Crippen LogP contribution in [0.4, 0.5) is 11.4 Å². The number of pyridine rings is 1. The van der Waals surface area contributed by atoms with Crippen LogP contribution < -0.4 is 15.8 Å². The van der Waals surface area contributed by atoms with Gasteiger partial charge in [0.25, 0.3) is 5.91 Å². The van der Waals surface area contributed by atoms with E-state index in [0.717, 1.165) is 15.9 Å². The van der Waals surface area contributed by atoms with Crippen LogP contribution in [0.1, 0.15) is 35.1 Å². The molecule has 3 rings (SSSR count). The van der Waals surface area contributed by atoms with Gasteiger partial charge in [-0.05, 0) is 36.2 Å². The van der Waals surface area contributed by atoms with Crippen molar-refractivity contribution in [1.29, 1.82) is 0 Å². The normalized spacial score (nSPS) is 11.1. The van der Waals surface area contributed by atoms with E-state index in [1.807, 2.05) is 12.1 Å². The van der Waals surface area contributed by atoms with Crippen LogP contribution in [0.25, 0.3) is 10.2 Å². The highest BCUT2D eigenvalue weighted by molar-refractivity contribution is 7.21. The van der Waals surface area contributed by atoms with E-state index in [1.165, 1.54) is 18.4 Å². The fourth-order valence-corrected chi connectivity index (χ4v) is 3.69. The third-order valence-electron chi connectivity index (χ3n) is 3.82. The number of hydrogen-bond acceptors (Lipinski definition) is 5. The van der Waals surface area contributed by atoms with Crippen LogP contribution >= 0.6 is 22.9 Å². The van der Waals surface area contributed by atoms with Crippen molar-refractivity contribution in [3.63, 3.8) is 0 Å². The number of fused-ring (bicyclic) bond motifs is 1. The number of nitrogen functional groups attached to an aromatic ring is 1. The Balaban J connectivity index is 1.91. The Kier molecular flexibility index (Phi) is 4.83. The summed E-state index contributed by atoms with van der Waals surface area (Å²) in [5.41, 5.74) is 8.15. The van der Waals surface area contributed by atoms with E-state index in [2.05, 4.69) is 24.1 Å². The lowest BCUT2D eigenvalue weighted by atomic mass is 10.1. The second-order valence-corrected chi connectivity index (χ2v) is 7.30. The topological polar surface area (TPSA) is 77.2 Å². The molecule has 7 heteroatoms. The summed E-state index contributed by atoms with van der Waals surface area (Å²) in [6.45, 7) is 4.15. The van der Waals surface area contributed by atoms with Gasteiger partial charge in [-0.3, -0.25) is 4.79 Å². The number of nitrogens with one attached hydrogen (secondary N) is 1. The summed E-state index contributed by atoms with van der Waals surface area (Å²) in [6, 6.07) is 8.92. The van der Waals surface area contributed by atoms with Gasteiger partial charge in [-0.25, -0.2) is 4.98 Å². The number of aromatic nitrogens is 1. The fraction of sp³-hybridized carbons (Fsp3) is 0.222. The summed E-state index contributed by atoms with van der Waals surface area (Å²) in [5, 5.41) is 4.04. The molecule has 2 aromatic heterocycles. The largest absolute Gasteiger partial charge is 0.495 e. The zero-order valence-electron chi connectivity index (χ0n) is 14.1. The van der Waals surface area contributed by atoms with Gasteiger partial charge in [-0.2, -0.15) is 0 Å². The van der Waals surface area contributed by atoms with Gasteiger partial charge in [0.2, 0.25) is 0 Å². The molecule has 1 aromatic carbocycles. The maximum atomic E-state index is 12.6. The highest BCUT2D eigenvalue weighted by Gasteiger charge is 2.18. The summed E-state index contributed by atoms with van der Waals surface area (Å²) >= 11 is 7.38. The van der Waals surface area contributed by atoms with Crippen molar-refractivity contribution in [1.82, 2.24) is 4.98 Å². The Morgan fingerprint density at radius 2 is 2.08 bits per heavy atom. The molecule has 3 N–H and O–H groups in total. The second kappa shape index (κ2) is 6.90. The quantitative estimate of drug-likeness (QED) is 0.678. The van der Waals surface area contributed by atoms with Gasteiger partial charge in [0, 0.05) is 16.8 Å². The molecule has 25 heavy (non-hydrogen) atoms. The van der Waals surface area contributed by atoms with Crippen LogP contribution in [0.5, 0.6) is 5.75 Å². The van der Waals surface area contributed by atoms with Gasteiger partial charge < -0.3 is 15.8 Å². The third-order valence-corrected chi connectivity index (χ3v) is 5.23. The molecule has 0 bridgehead atoms. The number of nitrogens with zero attached hydrogens (tertiary/aromatic N) is 1. The standard InChI is InChI=1S/C18H18ClN3O2S/c1-9(2)13-6-5-11-15(20)16(25-18(11)22-13)17(23)21-10-4-7-14(24-3)12(19)8-10/h4-9H,20H2,1-3H3,(H,21,23). The average Bonchev–Trinajstić information content (AvgIpc) is 2.91. The summed E-state index contributed by atoms with van der Waals surface area (Å²) in [6.07, 6.45) is 0. The first-order valence-corrected chi connectivity index (χ1v) is 8.94. The van der Waals surface area contributed by atoms with E-state index in [0.29, 0.717) is 32.9 Å². The summed E-state index contributed by atoms with van der Waals surface area (Å²) < 4.78 is 5.11. The van der Waals surface area contributed by atoms with Gasteiger partial charge in [-0.1, -0.05) is 25.4 Å². The number of thiophene rings is 1. The third kappa shape index (κ3) is 3.41. The monoisotopic (exact) mass is 375 g/mol. The van der Waals surface area contributed by atoms with E-state index < -0.39 is 0 Å².